The Balaban J connectivity index is 1.46. The third-order valence-electron chi connectivity index (χ3n) is 10.5. The Bertz CT molecular complexity index is 1850. The number of aryl methyl sites for hydroxylation is 1. The van der Waals surface area contributed by atoms with E-state index in [9.17, 15) is 18.8 Å². The maximum absolute atomic E-state index is 14.7. The summed E-state index contributed by atoms with van der Waals surface area (Å²) in [7, 11) is 0. The van der Waals surface area contributed by atoms with Crippen LogP contribution in [0.2, 0.25) is 0 Å². The highest BCUT2D eigenvalue weighted by atomic mass is 19.1. The van der Waals surface area contributed by atoms with Crippen molar-refractivity contribution >= 4 is 17.6 Å². The van der Waals surface area contributed by atoms with Crippen LogP contribution in [0.25, 0.3) is 0 Å². The summed E-state index contributed by atoms with van der Waals surface area (Å²) in [4.78, 5) is 43.3. The van der Waals surface area contributed by atoms with Crippen molar-refractivity contribution in [2.45, 2.75) is 111 Å². The molecule has 1 aromatic heterocycles. The fourth-order valence-electron chi connectivity index (χ4n) is 7.89. The second-order valence-electron chi connectivity index (χ2n) is 14.8. The zero-order valence-corrected chi connectivity index (χ0v) is 30.9. The topological polar surface area (TPSA) is 71.4 Å². The number of ketones is 1. The maximum atomic E-state index is 14.7. The summed E-state index contributed by atoms with van der Waals surface area (Å²) in [5, 5.41) is 3.21. The summed E-state index contributed by atoms with van der Waals surface area (Å²) in [5.74, 6) is 1.71. The van der Waals surface area contributed by atoms with E-state index in [-0.39, 0.29) is 47.5 Å². The average Bonchev–Trinajstić information content (AvgIpc) is 3.45. The second-order valence-corrected chi connectivity index (χ2v) is 14.8. The van der Waals surface area contributed by atoms with E-state index in [0.717, 1.165) is 53.8 Å². The van der Waals surface area contributed by atoms with Crippen LogP contribution in [0.15, 0.2) is 72.3 Å². The van der Waals surface area contributed by atoms with Crippen molar-refractivity contribution in [2.24, 2.45) is 5.92 Å². The van der Waals surface area contributed by atoms with Gasteiger partial charge in [0, 0.05) is 65.1 Å². The Labute approximate surface area is 303 Å². The van der Waals surface area contributed by atoms with Crippen LogP contribution in [0.3, 0.4) is 0 Å². The molecule has 1 saturated carbocycles. The molecule has 5 rings (SSSR count). The second kappa shape index (κ2) is 16.5. The number of nitrogens with zero attached hydrogens (tertiary/aromatic N) is 2. The Morgan fingerprint density at radius 2 is 1.80 bits per heavy atom. The van der Waals surface area contributed by atoms with E-state index < -0.39 is 5.41 Å². The van der Waals surface area contributed by atoms with E-state index >= 15 is 0 Å². The Hall–Kier alpha value is -4.70. The number of nitrogens with one attached hydrogen (secondary N) is 1. The molecule has 6 nitrogen and oxygen atoms in total. The van der Waals surface area contributed by atoms with Crippen LogP contribution < -0.4 is 5.32 Å². The molecule has 1 aliphatic carbocycles. The van der Waals surface area contributed by atoms with E-state index in [1.165, 1.54) is 18.6 Å². The average molecular weight is 690 g/mol. The fraction of sp³-hybridized carbons (Fsp3) is 0.432. The molecule has 51 heavy (non-hydrogen) atoms. The summed E-state index contributed by atoms with van der Waals surface area (Å²) in [6, 6.07) is 14.5. The molecule has 7 heteroatoms. The van der Waals surface area contributed by atoms with Gasteiger partial charge in [0.05, 0.1) is 5.57 Å². The molecule has 268 valence electrons. The lowest BCUT2D eigenvalue weighted by Crippen LogP contribution is -2.46. The van der Waals surface area contributed by atoms with Crippen molar-refractivity contribution in [2.75, 3.05) is 6.54 Å². The summed E-state index contributed by atoms with van der Waals surface area (Å²) in [6.07, 6.45) is 18.5. The number of allylic oxidation sites excluding steroid dienone is 3. The quantitative estimate of drug-likeness (QED) is 0.0898. The van der Waals surface area contributed by atoms with Crippen LogP contribution >= 0.6 is 0 Å². The highest BCUT2D eigenvalue weighted by Crippen LogP contribution is 2.41. The highest BCUT2D eigenvalue weighted by molar-refractivity contribution is 6.02. The summed E-state index contributed by atoms with van der Waals surface area (Å²) < 4.78 is 16.1. The third-order valence-corrected chi connectivity index (χ3v) is 10.5. The van der Waals surface area contributed by atoms with Gasteiger partial charge >= 0.3 is 0 Å². The SMILES string of the molecule is C#C/C(=C\C=C/C)C(=O)N1Cc2c(C(=O)C(C)CCc3cccc(C(=O)NC4CCCCC4)c3)c(CC)n(Cc3ccc(F)cc3)c2C(C)(C)C1. The summed E-state index contributed by atoms with van der Waals surface area (Å²) >= 11 is 0. The number of carbonyl (C=O) groups excluding carboxylic acids is 3. The van der Waals surface area contributed by atoms with Gasteiger partial charge in [-0.15, -0.1) is 6.42 Å². The maximum Gasteiger partial charge on any atom is 0.262 e. The number of hydrogen-bond donors (Lipinski definition) is 1. The van der Waals surface area contributed by atoms with E-state index in [1.54, 1.807) is 29.2 Å². The lowest BCUT2D eigenvalue weighted by molar-refractivity contribution is -0.128. The van der Waals surface area contributed by atoms with Crippen LogP contribution in [0.4, 0.5) is 4.39 Å². The molecule has 3 aromatic rings. The fourth-order valence-corrected chi connectivity index (χ4v) is 7.89. The predicted octanol–water partition coefficient (Wildman–Crippen LogP) is 8.51. The van der Waals surface area contributed by atoms with Crippen molar-refractivity contribution in [3.8, 4) is 12.3 Å². The molecule has 2 aliphatic rings. The molecule has 1 aliphatic heterocycles. The first-order valence-electron chi connectivity index (χ1n) is 18.5. The smallest absolute Gasteiger partial charge is 0.262 e. The Morgan fingerprint density at radius 3 is 2.47 bits per heavy atom. The van der Waals surface area contributed by atoms with Crippen LogP contribution in [-0.2, 0) is 36.1 Å². The molecular formula is C44H52FN3O3. The molecule has 2 aromatic carbocycles. The van der Waals surface area contributed by atoms with E-state index in [2.05, 4.69) is 36.6 Å². The number of fused-ring (bicyclic) bond motifs is 1. The molecular weight excluding hydrogens is 638 g/mol. The number of terminal acetylenes is 1. The molecule has 0 bridgehead atoms. The lowest BCUT2D eigenvalue weighted by atomic mass is 9.80. The summed E-state index contributed by atoms with van der Waals surface area (Å²) in [6.45, 7) is 11.3. The minimum Gasteiger partial charge on any atom is -0.349 e. The zero-order chi connectivity index (χ0) is 36.7. The van der Waals surface area contributed by atoms with Crippen LogP contribution in [0, 0.1) is 24.1 Å². The van der Waals surface area contributed by atoms with Gasteiger partial charge in [-0.3, -0.25) is 14.4 Å². The number of amides is 2. The van der Waals surface area contributed by atoms with Crippen molar-refractivity contribution < 1.29 is 18.8 Å². The molecule has 1 atom stereocenters. The standard InChI is InChI=1S/C44H52FN3O3/c1-7-10-16-33(8-2)43(51)47-28-37-39(38(9-3)48(41(37)44(5,6)29-47)27-32-22-24-35(45)25-23-32)40(49)30(4)20-21-31-15-14-17-34(26-31)42(50)46-36-18-12-11-13-19-36/h2,7,10,14-17,22-26,30,36H,9,11-13,18-21,27-29H2,1,3-6H3,(H,46,50)/b10-7-,33-16+. The molecule has 0 spiro atoms. The predicted molar refractivity (Wildman–Crippen MR) is 202 cm³/mol. The van der Waals surface area contributed by atoms with Gasteiger partial charge in [0.2, 0.25) is 0 Å². The normalized spacial score (nSPS) is 16.8. The summed E-state index contributed by atoms with van der Waals surface area (Å²) in [5.41, 5.74) is 5.85. The number of carbonyl (C=O) groups is 3. The van der Waals surface area contributed by atoms with Gasteiger partial charge in [-0.05, 0) is 80.5 Å². The molecule has 0 saturated heterocycles. The van der Waals surface area contributed by atoms with Gasteiger partial charge in [0.25, 0.3) is 11.8 Å². The van der Waals surface area contributed by atoms with Crippen molar-refractivity contribution in [1.29, 1.82) is 0 Å². The zero-order valence-electron chi connectivity index (χ0n) is 30.9. The number of hydrogen-bond acceptors (Lipinski definition) is 3. The van der Waals surface area contributed by atoms with Crippen LogP contribution in [0.5, 0.6) is 0 Å². The molecule has 1 fully saturated rings. The Kier molecular flexibility index (Phi) is 12.2. The lowest BCUT2D eigenvalue weighted by Gasteiger charge is -2.40. The first-order chi connectivity index (χ1) is 24.5. The first kappa shape index (κ1) is 37.6. The van der Waals surface area contributed by atoms with Crippen molar-refractivity contribution in [3.63, 3.8) is 0 Å². The first-order valence-corrected chi connectivity index (χ1v) is 18.5. The Morgan fingerprint density at radius 1 is 1.08 bits per heavy atom. The third kappa shape index (κ3) is 8.61. The highest BCUT2D eigenvalue weighted by Gasteiger charge is 2.42. The molecule has 1 N–H and O–H groups in total. The number of aromatic nitrogens is 1. The van der Waals surface area contributed by atoms with E-state index in [0.29, 0.717) is 43.5 Å². The van der Waals surface area contributed by atoms with E-state index in [1.807, 2.05) is 44.2 Å². The number of rotatable bonds is 12. The van der Waals surface area contributed by atoms with Gasteiger partial charge < -0.3 is 14.8 Å². The van der Waals surface area contributed by atoms with Crippen LogP contribution in [-0.4, -0.2) is 39.7 Å². The number of benzene rings is 2. The van der Waals surface area contributed by atoms with Crippen LogP contribution in [0.1, 0.15) is 122 Å². The van der Waals surface area contributed by atoms with Gasteiger partial charge in [0.15, 0.2) is 5.78 Å². The minimum absolute atomic E-state index is 0.0372. The molecule has 1 unspecified atom stereocenters. The van der Waals surface area contributed by atoms with E-state index in [4.69, 9.17) is 6.42 Å². The van der Waals surface area contributed by atoms with Gasteiger partial charge in [-0.1, -0.05) is 89.3 Å². The van der Waals surface area contributed by atoms with Gasteiger partial charge in [-0.2, -0.15) is 0 Å². The molecule has 0 radical (unpaired) electrons. The van der Waals surface area contributed by atoms with Gasteiger partial charge in [0.1, 0.15) is 5.82 Å². The number of Topliss-reactive ketones (excluding diaryl/α,β-unsaturated/α-hetero) is 1. The van der Waals surface area contributed by atoms with Crippen molar-refractivity contribution in [3.05, 3.63) is 117 Å². The largest absolute Gasteiger partial charge is 0.349 e. The minimum atomic E-state index is -0.506. The number of halogens is 1. The van der Waals surface area contributed by atoms with Crippen molar-refractivity contribution in [1.82, 2.24) is 14.8 Å². The monoisotopic (exact) mass is 689 g/mol. The molecule has 2 amide bonds. The molecule has 2 heterocycles. The van der Waals surface area contributed by atoms with Gasteiger partial charge in [-0.25, -0.2) is 4.39 Å².